The molecule has 0 aliphatic heterocycles. The first-order valence-electron chi connectivity index (χ1n) is 11.4. The predicted molar refractivity (Wildman–Crippen MR) is 129 cm³/mol. The fraction of sp³-hybridized carbons (Fsp3) is 0.560. The summed E-state index contributed by atoms with van der Waals surface area (Å²) in [6.07, 6.45) is 6.08. The van der Waals surface area contributed by atoms with Crippen LogP contribution in [0.15, 0.2) is 36.4 Å². The minimum Gasteiger partial charge on any atom is -0.490 e. The van der Waals surface area contributed by atoms with Crippen LogP contribution in [-0.2, 0) is 21.4 Å². The summed E-state index contributed by atoms with van der Waals surface area (Å²) in [6.45, 7) is 8.02. The lowest BCUT2D eigenvalue weighted by Gasteiger charge is -2.37. The van der Waals surface area contributed by atoms with E-state index in [-0.39, 0.29) is 6.42 Å². The van der Waals surface area contributed by atoms with Crippen LogP contribution < -0.4 is 14.8 Å². The molecule has 3 rings (SSSR count). The van der Waals surface area contributed by atoms with Crippen molar-refractivity contribution in [1.29, 1.82) is 0 Å². The molecular weight excluding hydrogens is 424 g/mol. The Morgan fingerprint density at radius 3 is 2.34 bits per heavy atom. The Bertz CT molecular complexity index is 1040. The van der Waals surface area contributed by atoms with Crippen molar-refractivity contribution in [2.45, 2.75) is 65.5 Å². The van der Waals surface area contributed by atoms with Crippen LogP contribution in [0, 0.1) is 11.3 Å². The minimum absolute atomic E-state index is 0.110. The van der Waals surface area contributed by atoms with Crippen LogP contribution in [0.4, 0.5) is 0 Å². The Labute approximate surface area is 192 Å². The number of amides is 1. The smallest absolute Gasteiger partial charge is 0.234 e. The molecule has 0 aromatic heterocycles. The van der Waals surface area contributed by atoms with E-state index in [2.05, 4.69) is 56.4 Å². The largest absolute Gasteiger partial charge is 0.490 e. The van der Waals surface area contributed by atoms with Crippen LogP contribution in [0.5, 0.6) is 5.75 Å². The van der Waals surface area contributed by atoms with E-state index in [4.69, 9.17) is 4.74 Å². The van der Waals surface area contributed by atoms with Gasteiger partial charge < -0.3 is 10.1 Å². The maximum Gasteiger partial charge on any atom is 0.234 e. The van der Waals surface area contributed by atoms with E-state index >= 15 is 0 Å². The highest BCUT2D eigenvalue weighted by Gasteiger charge is 2.30. The molecule has 0 spiro atoms. The maximum absolute atomic E-state index is 11.5. The number of fused-ring (bicyclic) bond motifs is 1. The molecule has 2 N–H and O–H groups in total. The number of carbonyl (C=O) groups excluding carboxylic acids is 1. The Kier molecular flexibility index (Phi) is 7.83. The first kappa shape index (κ1) is 24.5. The molecule has 1 aliphatic rings. The lowest BCUT2D eigenvalue weighted by Crippen LogP contribution is -2.31. The Morgan fingerprint density at radius 2 is 1.69 bits per heavy atom. The van der Waals surface area contributed by atoms with Gasteiger partial charge in [0.05, 0.1) is 12.4 Å². The molecule has 6 nitrogen and oxygen atoms in total. The van der Waals surface area contributed by atoms with Crippen molar-refractivity contribution in [2.75, 3.05) is 12.8 Å². The summed E-state index contributed by atoms with van der Waals surface area (Å²) in [4.78, 5) is 11.5. The van der Waals surface area contributed by atoms with Crippen molar-refractivity contribution in [3.05, 3.63) is 42.0 Å². The molecule has 7 heteroatoms. The zero-order chi connectivity index (χ0) is 23.4. The number of sulfonamides is 1. The summed E-state index contributed by atoms with van der Waals surface area (Å²) < 4.78 is 30.4. The summed E-state index contributed by atoms with van der Waals surface area (Å²) in [6, 6.07) is 12.5. The molecule has 0 unspecified atom stereocenters. The van der Waals surface area contributed by atoms with Crippen LogP contribution in [0.3, 0.4) is 0 Å². The third-order valence-corrected chi connectivity index (χ3v) is 6.83. The summed E-state index contributed by atoms with van der Waals surface area (Å²) in [7, 11) is -3.50. The molecular formula is C25H36N2O4S. The van der Waals surface area contributed by atoms with Crippen molar-refractivity contribution in [2.24, 2.45) is 11.3 Å². The van der Waals surface area contributed by atoms with Gasteiger partial charge in [0.1, 0.15) is 5.75 Å². The van der Waals surface area contributed by atoms with Crippen molar-refractivity contribution < 1.29 is 17.9 Å². The fourth-order valence-corrected chi connectivity index (χ4v) is 4.90. The lowest BCUT2D eigenvalue weighted by molar-refractivity contribution is -0.119. The zero-order valence-corrected chi connectivity index (χ0v) is 20.4. The van der Waals surface area contributed by atoms with Crippen LogP contribution >= 0.6 is 0 Å². The number of hydrogen-bond donors (Lipinski definition) is 2. The topological polar surface area (TPSA) is 84.5 Å². The third-order valence-electron chi connectivity index (χ3n) is 6.24. The van der Waals surface area contributed by atoms with Gasteiger partial charge in [-0.1, -0.05) is 39.0 Å². The Morgan fingerprint density at radius 1 is 1.03 bits per heavy atom. The van der Waals surface area contributed by atoms with Gasteiger partial charge in [0.15, 0.2) is 0 Å². The SMILES string of the molecule is CC(C)(C)C1CCC(Oc2ccc3cc(CNCCC(=O)NS(C)(=O)=O)ccc3c2)CC1. The van der Waals surface area contributed by atoms with Gasteiger partial charge in [-0.25, -0.2) is 8.42 Å². The van der Waals surface area contributed by atoms with Gasteiger partial charge in [-0.3, -0.25) is 9.52 Å². The van der Waals surface area contributed by atoms with Gasteiger partial charge in [-0.15, -0.1) is 0 Å². The van der Waals surface area contributed by atoms with E-state index in [0.717, 1.165) is 47.1 Å². The normalized spacial score (nSPS) is 19.6. The molecule has 0 saturated heterocycles. The number of nitrogens with one attached hydrogen (secondary N) is 2. The van der Waals surface area contributed by atoms with Crippen molar-refractivity contribution >= 4 is 26.7 Å². The quantitative estimate of drug-likeness (QED) is 0.571. The van der Waals surface area contributed by atoms with Crippen LogP contribution in [-0.4, -0.2) is 33.2 Å². The standard InChI is InChI=1S/C25H36N2O4S/c1-25(2,3)21-8-11-22(12-9-21)31-23-10-7-19-15-18(5-6-20(19)16-23)17-26-14-13-24(28)27-32(4,29)30/h5-7,10,15-16,21-22,26H,8-9,11-14,17H2,1-4H3,(H,27,28). The highest BCUT2D eigenvalue weighted by atomic mass is 32.2. The fourth-order valence-electron chi connectivity index (χ4n) is 4.39. The average molecular weight is 461 g/mol. The van der Waals surface area contributed by atoms with E-state index in [0.29, 0.717) is 24.6 Å². The maximum atomic E-state index is 11.5. The van der Waals surface area contributed by atoms with Crippen molar-refractivity contribution in [3.8, 4) is 5.75 Å². The molecule has 0 heterocycles. The number of ether oxygens (including phenoxy) is 1. The van der Waals surface area contributed by atoms with Crippen molar-refractivity contribution in [1.82, 2.24) is 10.0 Å². The average Bonchev–Trinajstić information content (AvgIpc) is 2.70. The van der Waals surface area contributed by atoms with Crippen LogP contribution in [0.1, 0.15) is 58.4 Å². The molecule has 1 saturated carbocycles. The van der Waals surface area contributed by atoms with Gasteiger partial charge in [-0.05, 0) is 71.6 Å². The first-order valence-corrected chi connectivity index (χ1v) is 13.3. The van der Waals surface area contributed by atoms with Gasteiger partial charge in [0.25, 0.3) is 0 Å². The molecule has 1 amide bonds. The van der Waals surface area contributed by atoms with Gasteiger partial charge in [-0.2, -0.15) is 0 Å². The predicted octanol–water partition coefficient (Wildman–Crippen LogP) is 4.38. The number of benzene rings is 2. The van der Waals surface area contributed by atoms with E-state index < -0.39 is 15.9 Å². The van der Waals surface area contributed by atoms with Gasteiger partial charge >= 0.3 is 0 Å². The van der Waals surface area contributed by atoms with Gasteiger partial charge in [0.2, 0.25) is 15.9 Å². The van der Waals surface area contributed by atoms with Gasteiger partial charge in [0, 0.05) is 19.5 Å². The van der Waals surface area contributed by atoms with E-state index in [1.807, 2.05) is 10.8 Å². The molecule has 0 atom stereocenters. The van der Waals surface area contributed by atoms with E-state index in [1.165, 1.54) is 12.8 Å². The lowest BCUT2D eigenvalue weighted by atomic mass is 9.72. The summed E-state index contributed by atoms with van der Waals surface area (Å²) >= 11 is 0. The third kappa shape index (κ3) is 7.48. The highest BCUT2D eigenvalue weighted by Crippen LogP contribution is 2.39. The molecule has 2 aromatic rings. The second-order valence-electron chi connectivity index (χ2n) is 10.0. The molecule has 1 fully saturated rings. The number of carbonyl (C=O) groups is 1. The molecule has 0 radical (unpaired) electrons. The number of rotatable bonds is 8. The second kappa shape index (κ2) is 10.2. The van der Waals surface area contributed by atoms with Crippen LogP contribution in [0.25, 0.3) is 10.8 Å². The van der Waals surface area contributed by atoms with E-state index in [9.17, 15) is 13.2 Å². The second-order valence-corrected chi connectivity index (χ2v) is 11.8. The van der Waals surface area contributed by atoms with E-state index in [1.54, 1.807) is 0 Å². The summed E-state index contributed by atoms with van der Waals surface area (Å²) in [5, 5.41) is 5.46. The van der Waals surface area contributed by atoms with Crippen LogP contribution in [0.2, 0.25) is 0 Å². The highest BCUT2D eigenvalue weighted by molar-refractivity contribution is 7.89. The molecule has 2 aromatic carbocycles. The molecule has 176 valence electrons. The Hall–Kier alpha value is -2.12. The molecule has 0 bridgehead atoms. The zero-order valence-electron chi connectivity index (χ0n) is 19.6. The minimum atomic E-state index is -3.50. The van der Waals surface area contributed by atoms with Crippen molar-refractivity contribution in [3.63, 3.8) is 0 Å². The first-order chi connectivity index (χ1) is 15.0. The summed E-state index contributed by atoms with van der Waals surface area (Å²) in [5.74, 6) is 1.21. The monoisotopic (exact) mass is 460 g/mol. The summed E-state index contributed by atoms with van der Waals surface area (Å²) in [5.41, 5.74) is 1.48. The number of hydrogen-bond acceptors (Lipinski definition) is 5. The Balaban J connectivity index is 1.49. The molecule has 32 heavy (non-hydrogen) atoms. The molecule has 1 aliphatic carbocycles.